The van der Waals surface area contributed by atoms with Crippen molar-refractivity contribution in [3.63, 3.8) is 0 Å². The fraction of sp³-hybridized carbons (Fsp3) is 0.0833. The Morgan fingerprint density at radius 2 is 2.00 bits per heavy atom. The van der Waals surface area contributed by atoms with E-state index in [0.717, 1.165) is 4.47 Å². The van der Waals surface area contributed by atoms with Crippen LogP contribution in [0.5, 0.6) is 0 Å². The van der Waals surface area contributed by atoms with E-state index in [4.69, 9.17) is 23.2 Å². The van der Waals surface area contributed by atoms with Gasteiger partial charge in [0.2, 0.25) is 0 Å². The first kappa shape index (κ1) is 13.9. The Balaban J connectivity index is 2.31. The molecule has 0 aliphatic rings. The maximum atomic E-state index is 12.2. The Morgan fingerprint density at radius 1 is 1.28 bits per heavy atom. The summed E-state index contributed by atoms with van der Waals surface area (Å²) >= 11 is 16.5. The highest BCUT2D eigenvalue weighted by molar-refractivity contribution is 9.10. The molecule has 0 aliphatic heterocycles. The zero-order chi connectivity index (χ0) is 13.3. The first-order valence-electron chi connectivity index (χ1n) is 4.97. The molecule has 0 saturated heterocycles. The van der Waals surface area contributed by atoms with Crippen LogP contribution in [0.25, 0.3) is 0 Å². The number of benzene rings is 1. The van der Waals surface area contributed by atoms with Crippen molar-refractivity contribution in [3.05, 3.63) is 49.0 Å². The summed E-state index contributed by atoms with van der Waals surface area (Å²) < 4.78 is 1.46. The Kier molecular flexibility index (Phi) is 4.33. The fourth-order valence-electron chi connectivity index (χ4n) is 1.46. The van der Waals surface area contributed by atoms with Crippen molar-refractivity contribution in [2.45, 2.75) is 0 Å². The molecule has 0 atom stereocenters. The lowest BCUT2D eigenvalue weighted by molar-refractivity contribution is 0.0997. The molecule has 1 aromatic heterocycles. The van der Waals surface area contributed by atoms with Gasteiger partial charge < -0.3 is 4.90 Å². The van der Waals surface area contributed by atoms with E-state index in [2.05, 4.69) is 15.9 Å². The Morgan fingerprint density at radius 3 is 2.56 bits per heavy atom. The molecule has 2 nitrogen and oxygen atoms in total. The number of rotatable bonds is 2. The maximum Gasteiger partial charge on any atom is 0.268 e. The summed E-state index contributed by atoms with van der Waals surface area (Å²) in [5, 5.41) is 0.517. The van der Waals surface area contributed by atoms with Crippen LogP contribution in [0.4, 0.5) is 5.69 Å². The van der Waals surface area contributed by atoms with Crippen LogP contribution in [-0.2, 0) is 0 Å². The molecule has 0 aliphatic carbocycles. The molecule has 0 unspecified atom stereocenters. The first-order chi connectivity index (χ1) is 8.49. The van der Waals surface area contributed by atoms with Gasteiger partial charge >= 0.3 is 0 Å². The number of hydrogen-bond acceptors (Lipinski definition) is 2. The average molecular weight is 365 g/mol. The van der Waals surface area contributed by atoms with Gasteiger partial charge in [0.15, 0.2) is 0 Å². The highest BCUT2D eigenvalue weighted by Crippen LogP contribution is 2.30. The minimum atomic E-state index is -0.129. The molecule has 6 heteroatoms. The largest absolute Gasteiger partial charge is 0.309 e. The predicted octanol–water partition coefficient (Wildman–Crippen LogP) is 5.09. The second-order valence-electron chi connectivity index (χ2n) is 3.56. The van der Waals surface area contributed by atoms with Gasteiger partial charge in [-0.15, -0.1) is 11.3 Å². The Bertz CT molecular complexity index is 600. The second kappa shape index (κ2) is 5.61. The third-order valence-corrected chi connectivity index (χ3v) is 4.37. The number of amides is 1. The normalized spacial score (nSPS) is 10.4. The van der Waals surface area contributed by atoms with E-state index < -0.39 is 0 Å². The van der Waals surface area contributed by atoms with Gasteiger partial charge in [-0.1, -0.05) is 39.1 Å². The zero-order valence-electron chi connectivity index (χ0n) is 9.28. The van der Waals surface area contributed by atoms with Gasteiger partial charge in [0.25, 0.3) is 5.91 Å². The molecule has 0 N–H and O–H groups in total. The summed E-state index contributed by atoms with van der Waals surface area (Å²) in [7, 11) is 1.69. The van der Waals surface area contributed by atoms with Crippen LogP contribution in [0, 0.1) is 0 Å². The minimum absolute atomic E-state index is 0.129. The summed E-state index contributed by atoms with van der Waals surface area (Å²) in [6, 6.07) is 8.79. The van der Waals surface area contributed by atoms with Gasteiger partial charge in [-0.05, 0) is 30.3 Å². The van der Waals surface area contributed by atoms with Crippen molar-refractivity contribution in [2.75, 3.05) is 11.9 Å². The molecule has 2 rings (SSSR count). The van der Waals surface area contributed by atoms with E-state index in [-0.39, 0.29) is 5.91 Å². The number of hydrogen-bond donors (Lipinski definition) is 0. The van der Waals surface area contributed by atoms with Crippen LogP contribution >= 0.6 is 50.5 Å². The predicted molar refractivity (Wildman–Crippen MR) is 81.2 cm³/mol. The molecule has 1 heterocycles. The van der Waals surface area contributed by atoms with E-state index in [1.54, 1.807) is 31.3 Å². The number of anilines is 1. The highest BCUT2D eigenvalue weighted by atomic mass is 79.9. The molecule has 94 valence electrons. The second-order valence-corrected chi connectivity index (χ2v) is 6.60. The number of nitrogens with zero attached hydrogens (tertiary/aromatic N) is 1. The fourth-order valence-corrected chi connectivity index (χ4v) is 3.28. The molecular formula is C12H8BrCl2NOS. The van der Waals surface area contributed by atoms with Gasteiger partial charge in [-0.3, -0.25) is 4.79 Å². The lowest BCUT2D eigenvalue weighted by Crippen LogP contribution is -2.25. The van der Waals surface area contributed by atoms with Gasteiger partial charge in [0.05, 0.1) is 19.9 Å². The lowest BCUT2D eigenvalue weighted by Gasteiger charge is -2.18. The Hall–Kier alpha value is -0.550. The summed E-state index contributed by atoms with van der Waals surface area (Å²) in [5.41, 5.74) is 0.661. The van der Waals surface area contributed by atoms with E-state index in [1.807, 2.05) is 6.07 Å². The quantitative estimate of drug-likeness (QED) is 0.726. The third kappa shape index (κ3) is 2.88. The van der Waals surface area contributed by atoms with Crippen molar-refractivity contribution < 1.29 is 4.79 Å². The number of carbonyl (C=O) groups excluding carboxylic acids is 1. The number of thiophene rings is 1. The molecule has 18 heavy (non-hydrogen) atoms. The number of carbonyl (C=O) groups is 1. The van der Waals surface area contributed by atoms with Crippen molar-refractivity contribution in [3.8, 4) is 0 Å². The smallest absolute Gasteiger partial charge is 0.268 e. The molecule has 0 fully saturated rings. The Labute approximate surface area is 127 Å². The molecule has 1 amide bonds. The molecule has 2 aromatic rings. The zero-order valence-corrected chi connectivity index (χ0v) is 13.2. The van der Waals surface area contributed by atoms with Crippen molar-refractivity contribution in [1.82, 2.24) is 0 Å². The molecule has 0 bridgehead atoms. The molecule has 0 radical (unpaired) electrons. The van der Waals surface area contributed by atoms with Crippen LogP contribution in [0.1, 0.15) is 9.67 Å². The summed E-state index contributed by atoms with van der Waals surface area (Å²) in [6.07, 6.45) is 0. The van der Waals surface area contributed by atoms with Crippen LogP contribution < -0.4 is 4.90 Å². The van der Waals surface area contributed by atoms with Crippen molar-refractivity contribution in [2.24, 2.45) is 0 Å². The molecule has 1 aromatic carbocycles. The average Bonchev–Trinajstić information content (AvgIpc) is 2.74. The van der Waals surface area contributed by atoms with Gasteiger partial charge in [0, 0.05) is 11.5 Å². The van der Waals surface area contributed by atoms with Crippen LogP contribution in [0.15, 0.2) is 34.8 Å². The summed E-state index contributed by atoms with van der Waals surface area (Å²) in [5.74, 6) is -0.129. The topological polar surface area (TPSA) is 20.3 Å². The highest BCUT2D eigenvalue weighted by Gasteiger charge is 2.17. The van der Waals surface area contributed by atoms with E-state index in [1.165, 1.54) is 16.2 Å². The lowest BCUT2D eigenvalue weighted by atomic mass is 10.3. The van der Waals surface area contributed by atoms with Gasteiger partial charge in [-0.25, -0.2) is 0 Å². The maximum absolute atomic E-state index is 12.2. The van der Waals surface area contributed by atoms with Crippen molar-refractivity contribution >= 4 is 62.1 Å². The SMILES string of the molecule is CN(C(=O)c1ccc(Cl)s1)c1ccc(Br)cc1Cl. The van der Waals surface area contributed by atoms with E-state index >= 15 is 0 Å². The number of halogens is 3. The van der Waals surface area contributed by atoms with Gasteiger partial charge in [0.1, 0.15) is 0 Å². The van der Waals surface area contributed by atoms with E-state index in [0.29, 0.717) is 19.9 Å². The van der Waals surface area contributed by atoms with Gasteiger partial charge in [-0.2, -0.15) is 0 Å². The molecular weight excluding hydrogens is 357 g/mol. The standard InChI is InChI=1S/C12H8BrCl2NOS/c1-16(9-3-2-7(13)6-8(9)14)12(17)10-4-5-11(15)18-10/h2-6H,1H3. The summed E-state index contributed by atoms with van der Waals surface area (Å²) in [4.78, 5) is 14.3. The third-order valence-electron chi connectivity index (χ3n) is 2.36. The van der Waals surface area contributed by atoms with Crippen LogP contribution in [-0.4, -0.2) is 13.0 Å². The minimum Gasteiger partial charge on any atom is -0.309 e. The monoisotopic (exact) mass is 363 g/mol. The summed E-state index contributed by atoms with van der Waals surface area (Å²) in [6.45, 7) is 0. The first-order valence-corrected chi connectivity index (χ1v) is 7.34. The van der Waals surface area contributed by atoms with E-state index in [9.17, 15) is 4.79 Å². The van der Waals surface area contributed by atoms with Crippen LogP contribution in [0.3, 0.4) is 0 Å². The van der Waals surface area contributed by atoms with Crippen molar-refractivity contribution in [1.29, 1.82) is 0 Å². The molecule has 0 saturated carbocycles. The van der Waals surface area contributed by atoms with Crippen LogP contribution in [0.2, 0.25) is 9.36 Å². The molecule has 0 spiro atoms.